The summed E-state index contributed by atoms with van der Waals surface area (Å²) in [5, 5.41) is 9.17. The molecule has 0 unspecified atom stereocenters. The number of phenolic OH excluding ortho intramolecular Hbond substituents is 1. The Morgan fingerprint density at radius 3 is 2.53 bits per heavy atom. The smallest absolute Gasteiger partial charge is 0.148 e. The van der Waals surface area contributed by atoms with Crippen LogP contribution in [0.5, 0.6) is 11.5 Å². The Balaban J connectivity index is 2.07. The number of phenols is 1. The van der Waals surface area contributed by atoms with Crippen molar-refractivity contribution in [2.24, 2.45) is 0 Å². The summed E-state index contributed by atoms with van der Waals surface area (Å²) in [6, 6.07) is 11.0. The van der Waals surface area contributed by atoms with Crippen LogP contribution >= 0.6 is 11.6 Å². The number of halogens is 2. The van der Waals surface area contributed by atoms with Crippen LogP contribution in [0.25, 0.3) is 0 Å². The van der Waals surface area contributed by atoms with Gasteiger partial charge >= 0.3 is 0 Å². The molecule has 17 heavy (non-hydrogen) atoms. The average Bonchev–Trinajstić information content (AvgIpc) is 2.33. The van der Waals surface area contributed by atoms with Crippen LogP contribution in [0.2, 0.25) is 5.02 Å². The number of aromatic hydroxyl groups is 1. The summed E-state index contributed by atoms with van der Waals surface area (Å²) in [7, 11) is 0. The van der Waals surface area contributed by atoms with E-state index < -0.39 is 5.82 Å². The SMILES string of the molecule is Oc1ccc(OCc2cccc(Cl)c2F)cc1. The molecule has 0 atom stereocenters. The van der Waals surface area contributed by atoms with Crippen molar-refractivity contribution in [2.75, 3.05) is 0 Å². The largest absolute Gasteiger partial charge is 0.508 e. The molecule has 0 aromatic heterocycles. The molecule has 4 heteroatoms. The maximum Gasteiger partial charge on any atom is 0.148 e. The van der Waals surface area contributed by atoms with E-state index in [1.807, 2.05) is 0 Å². The Morgan fingerprint density at radius 2 is 1.82 bits per heavy atom. The van der Waals surface area contributed by atoms with E-state index in [9.17, 15) is 4.39 Å². The zero-order chi connectivity index (χ0) is 12.3. The Labute approximate surface area is 103 Å². The molecular weight excluding hydrogens is 243 g/mol. The third-order valence-electron chi connectivity index (χ3n) is 2.26. The molecule has 0 aliphatic rings. The second-order valence-electron chi connectivity index (χ2n) is 3.50. The van der Waals surface area contributed by atoms with Crippen LogP contribution in [-0.2, 0) is 6.61 Å². The third kappa shape index (κ3) is 2.88. The molecule has 1 N–H and O–H groups in total. The van der Waals surface area contributed by atoms with Gasteiger partial charge in [0, 0.05) is 5.56 Å². The first-order valence-electron chi connectivity index (χ1n) is 5.01. The Morgan fingerprint density at radius 1 is 1.12 bits per heavy atom. The van der Waals surface area contributed by atoms with E-state index in [0.29, 0.717) is 11.3 Å². The molecular formula is C13H10ClFO2. The molecule has 2 aromatic rings. The number of rotatable bonds is 3. The van der Waals surface area contributed by atoms with Crippen molar-refractivity contribution in [3.05, 3.63) is 58.9 Å². The van der Waals surface area contributed by atoms with Crippen LogP contribution in [0.3, 0.4) is 0 Å². The highest BCUT2D eigenvalue weighted by Gasteiger charge is 2.06. The summed E-state index contributed by atoms with van der Waals surface area (Å²) in [6.07, 6.45) is 0. The van der Waals surface area contributed by atoms with E-state index in [0.717, 1.165) is 0 Å². The molecule has 0 aliphatic carbocycles. The van der Waals surface area contributed by atoms with Gasteiger partial charge in [-0.25, -0.2) is 4.39 Å². The van der Waals surface area contributed by atoms with Crippen molar-refractivity contribution in [1.82, 2.24) is 0 Å². The van der Waals surface area contributed by atoms with Crippen molar-refractivity contribution < 1.29 is 14.2 Å². The molecule has 2 rings (SSSR count). The van der Waals surface area contributed by atoms with Gasteiger partial charge in [-0.15, -0.1) is 0 Å². The van der Waals surface area contributed by atoms with Crippen molar-refractivity contribution >= 4 is 11.6 Å². The van der Waals surface area contributed by atoms with E-state index in [1.165, 1.54) is 18.2 Å². The van der Waals surface area contributed by atoms with Crippen LogP contribution in [-0.4, -0.2) is 5.11 Å². The maximum absolute atomic E-state index is 13.5. The van der Waals surface area contributed by atoms with Gasteiger partial charge < -0.3 is 9.84 Å². The fraction of sp³-hybridized carbons (Fsp3) is 0.0769. The van der Waals surface area contributed by atoms with E-state index in [2.05, 4.69) is 0 Å². The van der Waals surface area contributed by atoms with Crippen molar-refractivity contribution in [1.29, 1.82) is 0 Å². The zero-order valence-corrected chi connectivity index (χ0v) is 9.62. The van der Waals surface area contributed by atoms with Gasteiger partial charge in [0.1, 0.15) is 23.9 Å². The molecule has 2 aromatic carbocycles. The maximum atomic E-state index is 13.5. The monoisotopic (exact) mass is 252 g/mol. The second kappa shape index (κ2) is 5.06. The summed E-state index contributed by atoms with van der Waals surface area (Å²) in [4.78, 5) is 0. The molecule has 2 nitrogen and oxygen atoms in total. The molecule has 0 heterocycles. The van der Waals surface area contributed by atoms with Crippen molar-refractivity contribution in [3.63, 3.8) is 0 Å². The van der Waals surface area contributed by atoms with Crippen LogP contribution < -0.4 is 4.74 Å². The molecule has 0 saturated heterocycles. The van der Waals surface area contributed by atoms with Gasteiger partial charge in [0.15, 0.2) is 0 Å². The minimum absolute atomic E-state index is 0.0804. The third-order valence-corrected chi connectivity index (χ3v) is 2.55. The fourth-order valence-electron chi connectivity index (χ4n) is 1.36. The van der Waals surface area contributed by atoms with Gasteiger partial charge in [-0.2, -0.15) is 0 Å². The lowest BCUT2D eigenvalue weighted by Crippen LogP contribution is -1.98. The summed E-state index contributed by atoms with van der Waals surface area (Å²) in [6.45, 7) is 0.0944. The first kappa shape index (κ1) is 11.7. The first-order chi connectivity index (χ1) is 8.16. The highest BCUT2D eigenvalue weighted by atomic mass is 35.5. The van der Waals surface area contributed by atoms with E-state index in [-0.39, 0.29) is 17.4 Å². The highest BCUT2D eigenvalue weighted by molar-refractivity contribution is 6.30. The molecule has 88 valence electrons. The van der Waals surface area contributed by atoms with Gasteiger partial charge in [0.2, 0.25) is 0 Å². The van der Waals surface area contributed by atoms with Crippen molar-refractivity contribution in [2.45, 2.75) is 6.61 Å². The molecule has 0 aliphatic heterocycles. The predicted molar refractivity (Wildman–Crippen MR) is 63.8 cm³/mol. The lowest BCUT2D eigenvalue weighted by atomic mass is 10.2. The number of ether oxygens (including phenoxy) is 1. The average molecular weight is 253 g/mol. The van der Waals surface area contributed by atoms with Gasteiger partial charge in [-0.3, -0.25) is 0 Å². The standard InChI is InChI=1S/C13H10ClFO2/c14-12-3-1-2-9(13(12)15)8-17-11-6-4-10(16)5-7-11/h1-7,16H,8H2. The lowest BCUT2D eigenvalue weighted by molar-refractivity contribution is 0.299. The topological polar surface area (TPSA) is 29.5 Å². The normalized spacial score (nSPS) is 10.2. The van der Waals surface area contributed by atoms with Crippen LogP contribution in [0.1, 0.15) is 5.56 Å². The van der Waals surface area contributed by atoms with Gasteiger partial charge in [0.25, 0.3) is 0 Å². The molecule has 0 spiro atoms. The Hall–Kier alpha value is -1.74. The van der Waals surface area contributed by atoms with E-state index >= 15 is 0 Å². The summed E-state index contributed by atoms with van der Waals surface area (Å²) in [5.41, 5.74) is 0.394. The molecule has 0 radical (unpaired) electrons. The van der Waals surface area contributed by atoms with Crippen molar-refractivity contribution in [3.8, 4) is 11.5 Å². The molecule has 0 fully saturated rings. The summed E-state index contributed by atoms with van der Waals surface area (Å²) in [5.74, 6) is 0.251. The molecule has 0 amide bonds. The Kier molecular flexibility index (Phi) is 3.49. The lowest BCUT2D eigenvalue weighted by Gasteiger charge is -2.07. The van der Waals surface area contributed by atoms with Gasteiger partial charge in [-0.1, -0.05) is 23.7 Å². The number of benzene rings is 2. The van der Waals surface area contributed by atoms with Crippen LogP contribution in [0, 0.1) is 5.82 Å². The molecule has 0 saturated carbocycles. The molecule has 0 bridgehead atoms. The van der Waals surface area contributed by atoms with Crippen LogP contribution in [0.15, 0.2) is 42.5 Å². The number of hydrogen-bond donors (Lipinski definition) is 1. The first-order valence-corrected chi connectivity index (χ1v) is 5.39. The van der Waals surface area contributed by atoms with Gasteiger partial charge in [0.05, 0.1) is 5.02 Å². The fourth-order valence-corrected chi connectivity index (χ4v) is 1.56. The summed E-state index contributed by atoms with van der Waals surface area (Å²) < 4.78 is 18.9. The number of hydrogen-bond acceptors (Lipinski definition) is 2. The zero-order valence-electron chi connectivity index (χ0n) is 8.86. The minimum Gasteiger partial charge on any atom is -0.508 e. The van der Waals surface area contributed by atoms with E-state index in [1.54, 1.807) is 24.3 Å². The van der Waals surface area contributed by atoms with E-state index in [4.69, 9.17) is 21.4 Å². The summed E-state index contributed by atoms with van der Waals surface area (Å²) >= 11 is 5.65. The second-order valence-corrected chi connectivity index (χ2v) is 3.90. The quantitative estimate of drug-likeness (QED) is 0.901. The Bertz CT molecular complexity index is 511. The van der Waals surface area contributed by atoms with Gasteiger partial charge in [-0.05, 0) is 30.3 Å². The predicted octanol–water partition coefficient (Wildman–Crippen LogP) is 3.76. The minimum atomic E-state index is -0.465. The highest BCUT2D eigenvalue weighted by Crippen LogP contribution is 2.21. The van der Waals surface area contributed by atoms with Crippen LogP contribution in [0.4, 0.5) is 4.39 Å².